The van der Waals surface area contributed by atoms with Crippen molar-refractivity contribution in [3.05, 3.63) is 84.3 Å². The SMILES string of the molecule is CC.CC(C)(C)OC(=O)N1CC(Oc2cc(C(=O)Nc3ccc4cccnc4n3)ccc2-c2ccc(F)cc2)C1. The third-order valence-corrected chi connectivity index (χ3v) is 5.90. The van der Waals surface area contributed by atoms with E-state index in [1.165, 1.54) is 12.1 Å². The molecule has 9 heteroatoms. The molecule has 2 amide bonds. The number of carbonyl (C=O) groups excluding carboxylic acids is 2. The molecule has 4 aromatic rings. The Bertz CT molecular complexity index is 1500. The predicted octanol–water partition coefficient (Wildman–Crippen LogP) is 6.71. The van der Waals surface area contributed by atoms with Gasteiger partial charge in [-0.3, -0.25) is 4.79 Å². The van der Waals surface area contributed by atoms with Gasteiger partial charge in [0.15, 0.2) is 5.65 Å². The lowest BCUT2D eigenvalue weighted by Crippen LogP contribution is -2.57. The van der Waals surface area contributed by atoms with Crippen LogP contribution >= 0.6 is 0 Å². The average molecular weight is 545 g/mol. The van der Waals surface area contributed by atoms with Gasteiger partial charge in [-0.15, -0.1) is 0 Å². The monoisotopic (exact) mass is 544 g/mol. The maximum atomic E-state index is 13.5. The summed E-state index contributed by atoms with van der Waals surface area (Å²) < 4.78 is 25.2. The number of halogens is 1. The molecule has 2 aromatic carbocycles. The van der Waals surface area contributed by atoms with E-state index < -0.39 is 11.7 Å². The number of nitrogens with zero attached hydrogens (tertiary/aromatic N) is 3. The third kappa shape index (κ3) is 6.91. The number of carbonyl (C=O) groups is 2. The molecule has 208 valence electrons. The zero-order chi connectivity index (χ0) is 28.9. The van der Waals surface area contributed by atoms with E-state index in [2.05, 4.69) is 15.3 Å². The molecule has 0 bridgehead atoms. The Balaban J connectivity index is 0.00000181. The van der Waals surface area contributed by atoms with E-state index in [1.54, 1.807) is 47.5 Å². The van der Waals surface area contributed by atoms with Crippen LogP contribution in [0, 0.1) is 5.82 Å². The molecule has 8 nitrogen and oxygen atoms in total. The number of hydrogen-bond donors (Lipinski definition) is 1. The maximum Gasteiger partial charge on any atom is 0.410 e. The fraction of sp³-hybridized carbons (Fsp3) is 0.290. The van der Waals surface area contributed by atoms with Crippen molar-refractivity contribution in [3.63, 3.8) is 0 Å². The van der Waals surface area contributed by atoms with Crippen molar-refractivity contribution < 1.29 is 23.5 Å². The summed E-state index contributed by atoms with van der Waals surface area (Å²) in [7, 11) is 0. The Labute approximate surface area is 233 Å². The van der Waals surface area contributed by atoms with Crippen LogP contribution in [0.1, 0.15) is 45.0 Å². The highest BCUT2D eigenvalue weighted by Crippen LogP contribution is 2.33. The highest BCUT2D eigenvalue weighted by Gasteiger charge is 2.35. The number of ether oxygens (including phenoxy) is 2. The predicted molar refractivity (Wildman–Crippen MR) is 153 cm³/mol. The summed E-state index contributed by atoms with van der Waals surface area (Å²) >= 11 is 0. The van der Waals surface area contributed by atoms with Crippen LogP contribution < -0.4 is 10.1 Å². The molecule has 1 aliphatic heterocycles. The summed E-state index contributed by atoms with van der Waals surface area (Å²) in [6, 6.07) is 18.4. The molecule has 1 aliphatic rings. The summed E-state index contributed by atoms with van der Waals surface area (Å²) in [5.74, 6) is 0.105. The van der Waals surface area contributed by atoms with Crippen LogP contribution in [0.5, 0.6) is 5.75 Å². The van der Waals surface area contributed by atoms with Crippen molar-refractivity contribution in [1.82, 2.24) is 14.9 Å². The summed E-state index contributed by atoms with van der Waals surface area (Å²) in [6.45, 7) is 10.1. The first-order chi connectivity index (χ1) is 19.1. The zero-order valence-electron chi connectivity index (χ0n) is 23.3. The minimum atomic E-state index is -0.587. The number of fused-ring (bicyclic) bond motifs is 1. The van der Waals surface area contributed by atoms with Gasteiger partial charge in [-0.25, -0.2) is 19.2 Å². The molecule has 5 rings (SSSR count). The number of nitrogens with one attached hydrogen (secondary N) is 1. The first-order valence-electron chi connectivity index (χ1n) is 13.2. The Kier molecular flexibility index (Phi) is 8.62. The molecular formula is C31H33FN4O4. The Morgan fingerprint density at radius 1 is 1.00 bits per heavy atom. The van der Waals surface area contributed by atoms with E-state index in [4.69, 9.17) is 9.47 Å². The fourth-order valence-corrected chi connectivity index (χ4v) is 4.01. The van der Waals surface area contributed by atoms with Gasteiger partial charge in [0.25, 0.3) is 5.91 Å². The normalized spacial score (nSPS) is 13.1. The second-order valence-electron chi connectivity index (χ2n) is 10.0. The third-order valence-electron chi connectivity index (χ3n) is 5.90. The lowest BCUT2D eigenvalue weighted by molar-refractivity contribution is -0.0220. The summed E-state index contributed by atoms with van der Waals surface area (Å²) in [6.07, 6.45) is 0.957. The van der Waals surface area contributed by atoms with Crippen LogP contribution in [-0.2, 0) is 4.74 Å². The number of benzene rings is 2. The Morgan fingerprint density at radius 3 is 2.42 bits per heavy atom. The second-order valence-corrected chi connectivity index (χ2v) is 10.0. The first kappa shape index (κ1) is 28.5. The van der Waals surface area contributed by atoms with Gasteiger partial charge >= 0.3 is 6.09 Å². The molecule has 3 heterocycles. The van der Waals surface area contributed by atoms with Gasteiger partial charge in [0, 0.05) is 22.7 Å². The zero-order valence-corrected chi connectivity index (χ0v) is 23.3. The van der Waals surface area contributed by atoms with E-state index in [0.717, 1.165) is 10.9 Å². The van der Waals surface area contributed by atoms with Crippen molar-refractivity contribution in [2.24, 2.45) is 0 Å². The van der Waals surface area contributed by atoms with Crippen molar-refractivity contribution in [2.45, 2.75) is 46.3 Å². The highest BCUT2D eigenvalue weighted by atomic mass is 19.1. The second kappa shape index (κ2) is 12.1. The molecule has 2 aromatic heterocycles. The molecular weight excluding hydrogens is 511 g/mol. The molecule has 1 N–H and O–H groups in total. The van der Waals surface area contributed by atoms with E-state index in [9.17, 15) is 14.0 Å². The van der Waals surface area contributed by atoms with Crippen LogP contribution in [-0.4, -0.2) is 51.7 Å². The highest BCUT2D eigenvalue weighted by molar-refractivity contribution is 6.04. The molecule has 40 heavy (non-hydrogen) atoms. The molecule has 0 atom stereocenters. The van der Waals surface area contributed by atoms with Gasteiger partial charge in [0.2, 0.25) is 0 Å². The van der Waals surface area contributed by atoms with E-state index >= 15 is 0 Å². The molecule has 0 aliphatic carbocycles. The number of pyridine rings is 2. The van der Waals surface area contributed by atoms with Crippen molar-refractivity contribution >= 4 is 28.9 Å². The van der Waals surface area contributed by atoms with Crippen LogP contribution in [0.25, 0.3) is 22.2 Å². The average Bonchev–Trinajstić information content (AvgIpc) is 2.91. The van der Waals surface area contributed by atoms with Gasteiger partial charge in [-0.1, -0.05) is 26.0 Å². The Morgan fingerprint density at radius 2 is 1.73 bits per heavy atom. The molecule has 0 spiro atoms. The molecule has 1 saturated heterocycles. The van der Waals surface area contributed by atoms with Gasteiger partial charge in [0.05, 0.1) is 13.1 Å². The Hall–Kier alpha value is -4.53. The van der Waals surface area contributed by atoms with Gasteiger partial charge in [0.1, 0.15) is 29.1 Å². The number of likely N-dealkylation sites (tertiary alicyclic amines) is 1. The minimum absolute atomic E-state index is 0.284. The minimum Gasteiger partial charge on any atom is -0.486 e. The molecule has 0 radical (unpaired) electrons. The van der Waals surface area contributed by atoms with Crippen molar-refractivity contribution in [3.8, 4) is 16.9 Å². The van der Waals surface area contributed by atoms with Crippen LogP contribution in [0.3, 0.4) is 0 Å². The van der Waals surface area contributed by atoms with Crippen molar-refractivity contribution in [2.75, 3.05) is 18.4 Å². The standard InChI is InChI=1S/C29H27FN4O4.C2H6/c1-29(2,3)38-28(36)34-16-22(17-34)37-24-15-20(8-12-23(24)18-6-10-21(30)11-7-18)27(35)33-25-13-9-19-5-4-14-31-26(19)32-25;1-2/h4-15,22H,16-17H2,1-3H3,(H,31,32,33,35);1-2H3. The van der Waals surface area contributed by atoms with E-state index in [0.29, 0.717) is 41.4 Å². The van der Waals surface area contributed by atoms with Crippen molar-refractivity contribution in [1.29, 1.82) is 0 Å². The lowest BCUT2D eigenvalue weighted by Gasteiger charge is -2.39. The van der Waals surface area contributed by atoms with E-state index in [1.807, 2.05) is 52.8 Å². The molecule has 1 fully saturated rings. The van der Waals surface area contributed by atoms with E-state index in [-0.39, 0.29) is 17.8 Å². The van der Waals surface area contributed by atoms with Crippen LogP contribution in [0.2, 0.25) is 0 Å². The summed E-state index contributed by atoms with van der Waals surface area (Å²) in [4.78, 5) is 35.6. The molecule has 0 unspecified atom stereocenters. The van der Waals surface area contributed by atoms with Gasteiger partial charge in [-0.05, 0) is 80.9 Å². The van der Waals surface area contributed by atoms with Crippen LogP contribution in [0.4, 0.5) is 15.0 Å². The van der Waals surface area contributed by atoms with Gasteiger partial charge < -0.3 is 19.7 Å². The fourth-order valence-electron chi connectivity index (χ4n) is 4.01. The van der Waals surface area contributed by atoms with Gasteiger partial charge in [-0.2, -0.15) is 0 Å². The summed E-state index contributed by atoms with van der Waals surface area (Å²) in [5, 5.41) is 3.67. The maximum absolute atomic E-state index is 13.5. The number of hydrogen-bond acceptors (Lipinski definition) is 6. The van der Waals surface area contributed by atoms with Crippen LogP contribution in [0.15, 0.2) is 72.9 Å². The topological polar surface area (TPSA) is 93.6 Å². The quantitative estimate of drug-likeness (QED) is 0.300. The number of rotatable bonds is 5. The first-order valence-corrected chi connectivity index (χ1v) is 13.2. The smallest absolute Gasteiger partial charge is 0.410 e. The number of anilines is 1. The number of amides is 2. The summed E-state index contributed by atoms with van der Waals surface area (Å²) in [5.41, 5.74) is 1.73. The largest absolute Gasteiger partial charge is 0.486 e. The lowest BCUT2D eigenvalue weighted by atomic mass is 10.0. The molecule has 0 saturated carbocycles. The number of aromatic nitrogens is 2.